The second-order valence-electron chi connectivity index (χ2n) is 5.18. The van der Waals surface area contributed by atoms with Crippen LogP contribution in [0.1, 0.15) is 24.8 Å². The van der Waals surface area contributed by atoms with E-state index in [0.29, 0.717) is 0 Å². The van der Waals surface area contributed by atoms with Crippen molar-refractivity contribution < 1.29 is 38.4 Å². The molecule has 1 aliphatic heterocycles. The predicted octanol–water partition coefficient (Wildman–Crippen LogP) is -1.91. The number of phosphoric acid groups is 1. The number of rotatable bonds is 5. The highest BCUT2D eigenvalue weighted by Crippen LogP contribution is 2.33. The molecule has 1 fully saturated rings. The minimum Gasteiger partial charge on any atom is -0.756 e. The highest BCUT2D eigenvalue weighted by Gasteiger charge is 2.48. The summed E-state index contributed by atoms with van der Waals surface area (Å²) < 4.78 is 21.8. The van der Waals surface area contributed by atoms with Crippen LogP contribution in [-0.2, 0) is 13.8 Å². The van der Waals surface area contributed by atoms with Crippen LogP contribution in [0.4, 0.5) is 0 Å². The Bertz CT molecular complexity index is 564. The molecule has 10 heteroatoms. The van der Waals surface area contributed by atoms with Crippen LogP contribution in [-0.4, -0.2) is 40.0 Å². The number of ether oxygens (including phenoxy) is 1. The molecule has 1 saturated heterocycles. The lowest BCUT2D eigenvalue weighted by Gasteiger charge is -2.19. The molecule has 3 unspecified atom stereocenters. The Morgan fingerprint density at radius 3 is 2.82 bits per heavy atom. The molecule has 2 rings (SSSR count). The van der Waals surface area contributed by atoms with Crippen molar-refractivity contribution in [3.63, 3.8) is 0 Å². The van der Waals surface area contributed by atoms with Gasteiger partial charge in [-0.15, -0.1) is 0 Å². The molecule has 22 heavy (non-hydrogen) atoms. The summed E-state index contributed by atoms with van der Waals surface area (Å²) in [6.07, 6.45) is -1.37. The van der Waals surface area contributed by atoms with Gasteiger partial charge in [0.1, 0.15) is 12.2 Å². The number of nitrogens with two attached hydrogens (primary N) is 1. The van der Waals surface area contributed by atoms with Crippen LogP contribution < -0.4 is 15.2 Å². The van der Waals surface area contributed by atoms with Crippen LogP contribution in [0.5, 0.6) is 0 Å². The highest BCUT2D eigenvalue weighted by atomic mass is 31.2. The summed E-state index contributed by atoms with van der Waals surface area (Å²) in [5, 5.41) is 19.9. The molecule has 0 spiro atoms. The maximum atomic E-state index is 10.6. The maximum Gasteiger partial charge on any atom is 0.292 e. The smallest absolute Gasteiger partial charge is 0.292 e. The molecule has 1 aliphatic rings. The first-order valence-corrected chi connectivity index (χ1v) is 8.15. The van der Waals surface area contributed by atoms with Gasteiger partial charge in [0.25, 0.3) is 14.1 Å². The number of aliphatic hydroxyl groups is 2. The summed E-state index contributed by atoms with van der Waals surface area (Å²) >= 11 is 0. The lowest BCUT2D eigenvalue weighted by atomic mass is 10.1. The molecule has 0 saturated carbocycles. The van der Waals surface area contributed by atoms with Gasteiger partial charge in [0, 0.05) is 17.7 Å². The fourth-order valence-corrected chi connectivity index (χ4v) is 2.56. The van der Waals surface area contributed by atoms with Crippen LogP contribution >= 0.6 is 7.82 Å². The molecule has 1 aromatic heterocycles. The minimum atomic E-state index is -4.92. The van der Waals surface area contributed by atoms with E-state index in [4.69, 9.17) is 15.4 Å². The van der Waals surface area contributed by atoms with E-state index in [0.717, 1.165) is 5.56 Å². The van der Waals surface area contributed by atoms with E-state index in [-0.39, 0.29) is 6.04 Å². The number of aliphatic hydroxyl groups excluding tert-OH is 2. The third-order valence-corrected chi connectivity index (χ3v) is 3.88. The first kappa shape index (κ1) is 17.5. The molecule has 124 valence electrons. The van der Waals surface area contributed by atoms with E-state index < -0.39 is 39.0 Å². The van der Waals surface area contributed by atoms with Crippen LogP contribution in [0.25, 0.3) is 0 Å². The van der Waals surface area contributed by atoms with Gasteiger partial charge in [-0.25, -0.2) is 0 Å². The molecule has 2 heterocycles. The van der Waals surface area contributed by atoms with Crippen molar-refractivity contribution in [1.82, 2.24) is 0 Å². The standard InChI is InChI=1S/C12H19N2O7P/c1-7(13)8-3-2-4-14(5-8)12-11(16)10(15)9(21-12)6-20-22(17,18)19/h2-5,7,9-12,15-16H,6,13H2,1H3,(H-,17,18,19)/t7?,9-,10-,11-,12?/m1/s1. The average molecular weight is 334 g/mol. The van der Waals surface area contributed by atoms with Gasteiger partial charge in [0.2, 0.25) is 0 Å². The van der Waals surface area contributed by atoms with Crippen molar-refractivity contribution in [2.75, 3.05) is 6.61 Å². The molecule has 5 N–H and O–H groups in total. The average Bonchev–Trinajstić information content (AvgIpc) is 2.72. The number of hydrogen-bond acceptors (Lipinski definition) is 7. The fraction of sp³-hybridized carbons (Fsp3) is 0.583. The third-order valence-electron chi connectivity index (χ3n) is 3.40. The molecule has 0 aromatic carbocycles. The minimum absolute atomic E-state index is 0.226. The van der Waals surface area contributed by atoms with Crippen molar-refractivity contribution in [3.05, 3.63) is 30.1 Å². The molecule has 0 aliphatic carbocycles. The zero-order valence-corrected chi connectivity index (χ0v) is 12.7. The van der Waals surface area contributed by atoms with Crippen molar-refractivity contribution in [2.24, 2.45) is 5.73 Å². The van der Waals surface area contributed by atoms with E-state index in [9.17, 15) is 19.7 Å². The first-order valence-electron chi connectivity index (χ1n) is 6.65. The van der Waals surface area contributed by atoms with Gasteiger partial charge in [-0.2, -0.15) is 4.57 Å². The number of aromatic nitrogens is 1. The Morgan fingerprint density at radius 2 is 2.23 bits per heavy atom. The van der Waals surface area contributed by atoms with Gasteiger partial charge in [0.05, 0.1) is 6.61 Å². The van der Waals surface area contributed by atoms with E-state index in [1.165, 1.54) is 4.57 Å². The van der Waals surface area contributed by atoms with E-state index in [1.54, 1.807) is 31.5 Å². The van der Waals surface area contributed by atoms with Gasteiger partial charge >= 0.3 is 0 Å². The largest absolute Gasteiger partial charge is 0.756 e. The fourth-order valence-electron chi connectivity index (χ4n) is 2.22. The molecule has 9 nitrogen and oxygen atoms in total. The molecule has 1 aromatic rings. The number of phosphoric ester groups is 1. The Kier molecular flexibility index (Phi) is 5.31. The first-order chi connectivity index (χ1) is 10.2. The van der Waals surface area contributed by atoms with Gasteiger partial charge in [-0.1, -0.05) is 0 Å². The lowest BCUT2D eigenvalue weighted by Crippen LogP contribution is -2.46. The summed E-state index contributed by atoms with van der Waals surface area (Å²) in [5.41, 5.74) is 6.58. The number of hydrogen-bond donors (Lipinski definition) is 4. The quantitative estimate of drug-likeness (QED) is 0.360. The Balaban J connectivity index is 2.12. The monoisotopic (exact) mass is 334 g/mol. The number of pyridine rings is 1. The van der Waals surface area contributed by atoms with Gasteiger partial charge in [-0.05, 0) is 13.0 Å². The molecule has 0 amide bonds. The van der Waals surface area contributed by atoms with E-state index in [1.807, 2.05) is 0 Å². The summed E-state index contributed by atoms with van der Waals surface area (Å²) in [4.78, 5) is 19.2. The molecular formula is C12H19N2O7P. The zero-order chi connectivity index (χ0) is 16.5. The van der Waals surface area contributed by atoms with Gasteiger partial charge in [0.15, 0.2) is 18.5 Å². The van der Waals surface area contributed by atoms with Crippen molar-refractivity contribution >= 4 is 7.82 Å². The number of nitrogens with zero attached hydrogens (tertiary/aromatic N) is 1. The van der Waals surface area contributed by atoms with Gasteiger partial charge < -0.3 is 35.0 Å². The van der Waals surface area contributed by atoms with Gasteiger partial charge in [-0.3, -0.25) is 4.57 Å². The topological polar surface area (TPSA) is 149 Å². The van der Waals surface area contributed by atoms with Crippen LogP contribution in [0, 0.1) is 0 Å². The van der Waals surface area contributed by atoms with Crippen molar-refractivity contribution in [3.8, 4) is 0 Å². The van der Waals surface area contributed by atoms with Crippen LogP contribution in [0.3, 0.4) is 0 Å². The van der Waals surface area contributed by atoms with Crippen molar-refractivity contribution in [1.29, 1.82) is 0 Å². The lowest BCUT2D eigenvalue weighted by molar-refractivity contribution is -0.766. The predicted molar refractivity (Wildman–Crippen MR) is 70.9 cm³/mol. The molecule has 6 atom stereocenters. The third kappa shape index (κ3) is 4.09. The summed E-state index contributed by atoms with van der Waals surface area (Å²) in [5.74, 6) is 0. The Hall–Kier alpha value is -0.900. The second kappa shape index (κ2) is 6.69. The summed E-state index contributed by atoms with van der Waals surface area (Å²) in [7, 11) is -4.92. The summed E-state index contributed by atoms with van der Waals surface area (Å²) in [6, 6.07) is 3.29. The zero-order valence-electron chi connectivity index (χ0n) is 11.8. The maximum absolute atomic E-state index is 10.6. The Labute approximate surface area is 127 Å². The van der Waals surface area contributed by atoms with Crippen molar-refractivity contribution in [2.45, 2.75) is 37.5 Å². The summed E-state index contributed by atoms with van der Waals surface area (Å²) in [6.45, 7) is 1.20. The Morgan fingerprint density at radius 1 is 1.55 bits per heavy atom. The van der Waals surface area contributed by atoms with E-state index >= 15 is 0 Å². The molecule has 0 radical (unpaired) electrons. The molecule has 0 bridgehead atoms. The normalized spacial score (nSPS) is 32.6. The SMILES string of the molecule is CC(N)c1ccc[n+](C2O[C@H](COP(=O)([O-])O)[C@@H](O)[C@H]2O)c1. The van der Waals surface area contributed by atoms with Crippen LogP contribution in [0.2, 0.25) is 0 Å². The van der Waals surface area contributed by atoms with E-state index in [2.05, 4.69) is 4.52 Å². The van der Waals surface area contributed by atoms with Crippen LogP contribution in [0.15, 0.2) is 24.5 Å². The highest BCUT2D eigenvalue weighted by molar-refractivity contribution is 7.44. The molecular weight excluding hydrogens is 315 g/mol. The second-order valence-corrected chi connectivity index (χ2v) is 6.38.